The van der Waals surface area contributed by atoms with Crippen LogP contribution in [-0.4, -0.2) is 21.3 Å². The maximum Gasteiger partial charge on any atom is 0.161 e. The van der Waals surface area contributed by atoms with Crippen molar-refractivity contribution >= 4 is 15.9 Å². The Hall–Kier alpha value is -0.740. The van der Waals surface area contributed by atoms with Crippen LogP contribution in [-0.2, 0) is 0 Å². The van der Waals surface area contributed by atoms with E-state index >= 15 is 0 Å². The van der Waals surface area contributed by atoms with Gasteiger partial charge in [0, 0.05) is 10.5 Å². The van der Waals surface area contributed by atoms with Gasteiger partial charge in [0.25, 0.3) is 0 Å². The summed E-state index contributed by atoms with van der Waals surface area (Å²) in [6, 6.07) is 4.34. The normalized spacial score (nSPS) is 12.6. The number of methoxy groups -OCH3 is 2. The van der Waals surface area contributed by atoms with Crippen LogP contribution >= 0.6 is 15.9 Å². The first-order valence-electron chi connectivity index (χ1n) is 6.71. The Bertz CT molecular complexity index is 405. The minimum absolute atomic E-state index is 0.309. The highest BCUT2D eigenvalue weighted by Gasteiger charge is 2.22. The van der Waals surface area contributed by atoms with Gasteiger partial charge in [0.2, 0.25) is 0 Å². The molecule has 0 saturated heterocycles. The van der Waals surface area contributed by atoms with Crippen molar-refractivity contribution < 1.29 is 9.47 Å². The first kappa shape index (κ1) is 16.3. The van der Waals surface area contributed by atoms with Gasteiger partial charge in [-0.2, -0.15) is 0 Å². The first-order valence-corrected chi connectivity index (χ1v) is 7.50. The second-order valence-corrected chi connectivity index (χ2v) is 5.43. The van der Waals surface area contributed by atoms with E-state index in [1.165, 1.54) is 5.56 Å². The van der Waals surface area contributed by atoms with E-state index in [4.69, 9.17) is 9.47 Å². The molecule has 0 saturated carbocycles. The molecule has 1 aromatic rings. The summed E-state index contributed by atoms with van der Waals surface area (Å²) in [4.78, 5) is 0. The summed E-state index contributed by atoms with van der Waals surface area (Å²) in [6.45, 7) is 4.46. The van der Waals surface area contributed by atoms with Crippen molar-refractivity contribution in [3.63, 3.8) is 0 Å². The van der Waals surface area contributed by atoms with Crippen LogP contribution in [0.25, 0.3) is 0 Å². The predicted octanol–water partition coefficient (Wildman–Crippen LogP) is 4.16. The van der Waals surface area contributed by atoms with Crippen molar-refractivity contribution in [1.82, 2.24) is 5.32 Å². The second kappa shape index (κ2) is 7.75. The molecular formula is C15H24BrNO2. The van der Waals surface area contributed by atoms with Gasteiger partial charge in [-0.3, -0.25) is 0 Å². The van der Waals surface area contributed by atoms with E-state index in [0.717, 1.165) is 28.8 Å². The van der Waals surface area contributed by atoms with Crippen LogP contribution in [0.4, 0.5) is 0 Å². The van der Waals surface area contributed by atoms with E-state index < -0.39 is 0 Å². The Morgan fingerprint density at radius 1 is 1.11 bits per heavy atom. The van der Waals surface area contributed by atoms with Gasteiger partial charge in [0.1, 0.15) is 0 Å². The van der Waals surface area contributed by atoms with E-state index in [-0.39, 0.29) is 0 Å². The smallest absolute Gasteiger partial charge is 0.161 e. The van der Waals surface area contributed by atoms with Gasteiger partial charge in [-0.15, -0.1) is 0 Å². The number of benzene rings is 1. The van der Waals surface area contributed by atoms with E-state index in [9.17, 15) is 0 Å². The average molecular weight is 330 g/mol. The van der Waals surface area contributed by atoms with Crippen molar-refractivity contribution in [2.45, 2.75) is 32.7 Å². The molecule has 3 nitrogen and oxygen atoms in total. The minimum atomic E-state index is 0.309. The molecule has 4 heteroatoms. The maximum atomic E-state index is 5.40. The standard InChI is InChI=1S/C15H24BrNO2/c1-6-10(7-2)15(17-3)11-8-13(18-4)14(19-5)9-12(11)16/h8-10,15,17H,6-7H2,1-5H3. The molecule has 1 atom stereocenters. The van der Waals surface area contributed by atoms with Crippen molar-refractivity contribution in [1.29, 1.82) is 0 Å². The summed E-state index contributed by atoms with van der Waals surface area (Å²) in [5, 5.41) is 3.42. The zero-order valence-corrected chi connectivity index (χ0v) is 14.0. The Kier molecular flexibility index (Phi) is 6.66. The summed E-state index contributed by atoms with van der Waals surface area (Å²) in [5.74, 6) is 2.11. The molecular weight excluding hydrogens is 306 g/mol. The number of ether oxygens (including phenoxy) is 2. The van der Waals surface area contributed by atoms with E-state index in [1.54, 1.807) is 14.2 Å². The van der Waals surface area contributed by atoms with Crippen LogP contribution in [0.1, 0.15) is 38.3 Å². The summed E-state index contributed by atoms with van der Waals surface area (Å²) < 4.78 is 11.8. The lowest BCUT2D eigenvalue weighted by Gasteiger charge is -2.27. The van der Waals surface area contributed by atoms with Crippen LogP contribution in [0, 0.1) is 5.92 Å². The lowest BCUT2D eigenvalue weighted by Crippen LogP contribution is -2.25. The minimum Gasteiger partial charge on any atom is -0.493 e. The molecule has 108 valence electrons. The summed E-state index contributed by atoms with van der Waals surface area (Å²) in [7, 11) is 5.33. The quantitative estimate of drug-likeness (QED) is 0.814. The fraction of sp³-hybridized carbons (Fsp3) is 0.600. The molecule has 0 heterocycles. The third-order valence-electron chi connectivity index (χ3n) is 3.67. The molecule has 0 aliphatic rings. The van der Waals surface area contributed by atoms with Crippen molar-refractivity contribution in [3.8, 4) is 11.5 Å². The molecule has 1 N–H and O–H groups in total. The highest BCUT2D eigenvalue weighted by Crippen LogP contribution is 2.39. The van der Waals surface area contributed by atoms with Gasteiger partial charge < -0.3 is 14.8 Å². The molecule has 1 rings (SSSR count). The predicted molar refractivity (Wildman–Crippen MR) is 83.1 cm³/mol. The third kappa shape index (κ3) is 3.63. The molecule has 0 aliphatic heterocycles. The number of nitrogens with one attached hydrogen (secondary N) is 1. The van der Waals surface area contributed by atoms with Gasteiger partial charge in [0.15, 0.2) is 11.5 Å². The highest BCUT2D eigenvalue weighted by molar-refractivity contribution is 9.10. The Balaban J connectivity index is 3.23. The number of rotatable bonds is 7. The van der Waals surface area contributed by atoms with Gasteiger partial charge in [-0.1, -0.05) is 42.6 Å². The molecule has 0 radical (unpaired) electrons. The topological polar surface area (TPSA) is 30.5 Å². The molecule has 0 amide bonds. The van der Waals surface area contributed by atoms with Crippen LogP contribution in [0.3, 0.4) is 0 Å². The molecule has 0 spiro atoms. The summed E-state index contributed by atoms with van der Waals surface area (Å²) in [6.07, 6.45) is 2.28. The van der Waals surface area contributed by atoms with Crippen molar-refractivity contribution in [2.75, 3.05) is 21.3 Å². The van der Waals surface area contributed by atoms with E-state index in [1.807, 2.05) is 13.1 Å². The van der Waals surface area contributed by atoms with Gasteiger partial charge in [-0.05, 0) is 30.7 Å². The largest absolute Gasteiger partial charge is 0.493 e. The SMILES string of the molecule is CCC(CC)C(NC)c1cc(OC)c(OC)cc1Br. The monoisotopic (exact) mass is 329 g/mol. The van der Waals surface area contributed by atoms with Gasteiger partial charge >= 0.3 is 0 Å². The number of hydrogen-bond donors (Lipinski definition) is 1. The van der Waals surface area contributed by atoms with Crippen molar-refractivity contribution in [3.05, 3.63) is 22.2 Å². The zero-order valence-electron chi connectivity index (χ0n) is 12.4. The second-order valence-electron chi connectivity index (χ2n) is 4.57. The number of halogens is 1. The van der Waals surface area contributed by atoms with Crippen LogP contribution in [0.5, 0.6) is 11.5 Å². The van der Waals surface area contributed by atoms with E-state index in [2.05, 4.69) is 41.2 Å². The Labute approximate surface area is 124 Å². The van der Waals surface area contributed by atoms with Crippen LogP contribution in [0.2, 0.25) is 0 Å². The zero-order chi connectivity index (χ0) is 14.4. The summed E-state index contributed by atoms with van der Waals surface area (Å²) >= 11 is 3.64. The molecule has 0 bridgehead atoms. The van der Waals surface area contributed by atoms with Gasteiger partial charge in [0.05, 0.1) is 14.2 Å². The molecule has 0 fully saturated rings. The van der Waals surface area contributed by atoms with Crippen molar-refractivity contribution in [2.24, 2.45) is 5.92 Å². The molecule has 1 aromatic carbocycles. The summed E-state index contributed by atoms with van der Waals surface area (Å²) in [5.41, 5.74) is 1.22. The lowest BCUT2D eigenvalue weighted by atomic mass is 9.89. The lowest BCUT2D eigenvalue weighted by molar-refractivity contribution is 0.343. The first-order chi connectivity index (χ1) is 9.12. The fourth-order valence-electron chi connectivity index (χ4n) is 2.51. The average Bonchev–Trinajstić information content (AvgIpc) is 2.44. The Morgan fingerprint density at radius 3 is 2.05 bits per heavy atom. The molecule has 19 heavy (non-hydrogen) atoms. The molecule has 0 aliphatic carbocycles. The molecule has 0 aromatic heterocycles. The Morgan fingerprint density at radius 2 is 1.63 bits per heavy atom. The van der Waals surface area contributed by atoms with E-state index in [0.29, 0.717) is 12.0 Å². The van der Waals surface area contributed by atoms with Crippen LogP contribution in [0.15, 0.2) is 16.6 Å². The maximum absolute atomic E-state index is 5.40. The van der Waals surface area contributed by atoms with Gasteiger partial charge in [-0.25, -0.2) is 0 Å². The fourth-order valence-corrected chi connectivity index (χ4v) is 3.08. The highest BCUT2D eigenvalue weighted by atomic mass is 79.9. The number of hydrogen-bond acceptors (Lipinski definition) is 3. The van der Waals surface area contributed by atoms with Crippen LogP contribution < -0.4 is 14.8 Å². The molecule has 1 unspecified atom stereocenters. The third-order valence-corrected chi connectivity index (χ3v) is 4.36.